The Hall–Kier alpha value is -2.64. The predicted octanol–water partition coefficient (Wildman–Crippen LogP) is 4.39. The lowest BCUT2D eigenvalue weighted by Gasteiger charge is -2.34. The van der Waals surface area contributed by atoms with Crippen molar-refractivity contribution in [1.82, 2.24) is 10.3 Å². The van der Waals surface area contributed by atoms with Crippen molar-refractivity contribution >= 4 is 43.8 Å². The van der Waals surface area contributed by atoms with Crippen LogP contribution in [-0.4, -0.2) is 44.2 Å². The molecule has 1 fully saturated rings. The first-order chi connectivity index (χ1) is 15.7. The molecule has 2 aromatic carbocycles. The third-order valence-electron chi connectivity index (χ3n) is 6.14. The lowest BCUT2D eigenvalue weighted by Crippen LogP contribution is -2.46. The van der Waals surface area contributed by atoms with Gasteiger partial charge in [-0.1, -0.05) is 30.7 Å². The molecule has 0 aliphatic carbocycles. The highest BCUT2D eigenvalue weighted by atomic mass is 35.5. The van der Waals surface area contributed by atoms with Gasteiger partial charge in [0.15, 0.2) is 9.84 Å². The van der Waals surface area contributed by atoms with Crippen LogP contribution in [-0.2, 0) is 14.6 Å². The van der Waals surface area contributed by atoms with Gasteiger partial charge in [-0.25, -0.2) is 8.42 Å². The van der Waals surface area contributed by atoms with E-state index in [0.29, 0.717) is 5.02 Å². The van der Waals surface area contributed by atoms with Gasteiger partial charge in [-0.2, -0.15) is 0 Å². The molecule has 0 spiro atoms. The quantitative estimate of drug-likeness (QED) is 0.560. The summed E-state index contributed by atoms with van der Waals surface area (Å²) in [6, 6.07) is 14.4. The third-order valence-corrected chi connectivity index (χ3v) is 8.28. The fraction of sp³-hybridized carbons (Fsp3) is 0.360. The molecule has 1 unspecified atom stereocenters. The van der Waals surface area contributed by atoms with E-state index in [1.807, 2.05) is 19.2 Å². The van der Waals surface area contributed by atoms with Crippen LogP contribution in [0.2, 0.25) is 5.02 Å². The normalized spacial score (nSPS) is 16.0. The van der Waals surface area contributed by atoms with Crippen LogP contribution in [0, 0.1) is 12.8 Å². The maximum Gasteiger partial charge on any atom is 0.224 e. The van der Waals surface area contributed by atoms with Crippen molar-refractivity contribution in [1.29, 1.82) is 0 Å². The van der Waals surface area contributed by atoms with Crippen molar-refractivity contribution in [2.24, 2.45) is 5.92 Å². The number of sulfone groups is 1. The first-order valence-corrected chi connectivity index (χ1v) is 13.1. The zero-order chi connectivity index (χ0) is 23.6. The lowest BCUT2D eigenvalue weighted by molar-refractivity contribution is -0.124. The Bertz CT molecular complexity index is 1270. The molecule has 33 heavy (non-hydrogen) atoms. The molecular formula is C25H28ClN3O3S. The number of hydrogen-bond donors (Lipinski definition) is 1. The van der Waals surface area contributed by atoms with Gasteiger partial charge in [0.1, 0.15) is 0 Å². The maximum absolute atomic E-state index is 13.0. The van der Waals surface area contributed by atoms with E-state index >= 15 is 0 Å². The smallest absolute Gasteiger partial charge is 0.224 e. The van der Waals surface area contributed by atoms with Crippen LogP contribution in [0.25, 0.3) is 10.8 Å². The molecule has 0 saturated carbocycles. The molecule has 0 radical (unpaired) electrons. The van der Waals surface area contributed by atoms with Crippen molar-refractivity contribution in [3.05, 3.63) is 65.4 Å². The molecule has 1 aliphatic rings. The van der Waals surface area contributed by atoms with Crippen LogP contribution in [0.1, 0.15) is 25.5 Å². The highest BCUT2D eigenvalue weighted by Crippen LogP contribution is 2.24. The van der Waals surface area contributed by atoms with Crippen LogP contribution < -0.4 is 10.2 Å². The molecular weight excluding hydrogens is 458 g/mol. The number of nitrogens with zero attached hydrogens (tertiary/aromatic N) is 2. The van der Waals surface area contributed by atoms with Gasteiger partial charge in [0.05, 0.1) is 10.6 Å². The van der Waals surface area contributed by atoms with E-state index in [9.17, 15) is 13.2 Å². The average Bonchev–Trinajstić information content (AvgIpc) is 2.79. The van der Waals surface area contributed by atoms with Crippen molar-refractivity contribution in [2.45, 2.75) is 37.6 Å². The number of carbonyl (C=O) groups is 1. The number of piperidine rings is 1. The summed E-state index contributed by atoms with van der Waals surface area (Å²) in [6.45, 7) is 5.31. The summed E-state index contributed by atoms with van der Waals surface area (Å²) in [4.78, 5) is 19.5. The molecule has 3 aromatic rings. The van der Waals surface area contributed by atoms with E-state index < -0.39 is 15.8 Å². The highest BCUT2D eigenvalue weighted by molar-refractivity contribution is 7.91. The van der Waals surface area contributed by atoms with E-state index in [1.54, 1.807) is 43.3 Å². The van der Waals surface area contributed by atoms with Crippen LogP contribution in [0.5, 0.6) is 0 Å². The summed E-state index contributed by atoms with van der Waals surface area (Å²) in [7, 11) is -3.60. The van der Waals surface area contributed by atoms with E-state index in [-0.39, 0.29) is 22.6 Å². The van der Waals surface area contributed by atoms with Crippen LogP contribution in [0.3, 0.4) is 0 Å². The van der Waals surface area contributed by atoms with Crippen molar-refractivity contribution in [3.63, 3.8) is 0 Å². The minimum Gasteiger partial charge on any atom is -0.371 e. The molecule has 1 N–H and O–H groups in total. The largest absolute Gasteiger partial charge is 0.371 e. The Morgan fingerprint density at radius 2 is 1.82 bits per heavy atom. The molecule has 4 rings (SSSR count). The number of benzene rings is 2. The number of rotatable bonds is 6. The van der Waals surface area contributed by atoms with Crippen molar-refractivity contribution in [3.8, 4) is 0 Å². The van der Waals surface area contributed by atoms with Gasteiger partial charge in [0.25, 0.3) is 0 Å². The molecule has 174 valence electrons. The first-order valence-electron chi connectivity index (χ1n) is 11.1. The standard InChI is InChI=1S/C25H28ClN3O3S/c1-17(16-33(31,32)24-6-4-19-14-21(26)5-3-20(19)15-24)25(30)28-22-8-11-29(12-9-22)23-7-10-27-18(2)13-23/h3-7,10,13-15,17,22H,8-9,11-12,16H2,1-2H3,(H,28,30). The maximum atomic E-state index is 13.0. The van der Waals surface area contributed by atoms with E-state index in [0.717, 1.165) is 48.1 Å². The summed E-state index contributed by atoms with van der Waals surface area (Å²) in [5, 5.41) is 5.33. The number of aryl methyl sites for hydroxylation is 1. The topological polar surface area (TPSA) is 79.4 Å². The summed E-state index contributed by atoms with van der Waals surface area (Å²) in [5.74, 6) is -1.09. The molecule has 8 heteroatoms. The number of nitrogens with one attached hydrogen (secondary N) is 1. The Kier molecular flexibility index (Phi) is 6.91. The van der Waals surface area contributed by atoms with Gasteiger partial charge in [0.2, 0.25) is 5.91 Å². The fourth-order valence-corrected chi connectivity index (χ4v) is 6.01. The van der Waals surface area contributed by atoms with E-state index in [1.165, 1.54) is 0 Å². The molecule has 1 aromatic heterocycles. The summed E-state index contributed by atoms with van der Waals surface area (Å²) < 4.78 is 25.9. The van der Waals surface area contributed by atoms with Crippen molar-refractivity contribution in [2.75, 3.05) is 23.7 Å². The number of aromatic nitrogens is 1. The van der Waals surface area contributed by atoms with Gasteiger partial charge >= 0.3 is 0 Å². The molecule has 1 atom stereocenters. The lowest BCUT2D eigenvalue weighted by atomic mass is 10.0. The molecule has 2 heterocycles. The van der Waals surface area contributed by atoms with E-state index in [2.05, 4.69) is 21.3 Å². The van der Waals surface area contributed by atoms with Crippen LogP contribution >= 0.6 is 11.6 Å². The minimum atomic E-state index is -3.60. The monoisotopic (exact) mass is 485 g/mol. The number of hydrogen-bond acceptors (Lipinski definition) is 5. The zero-order valence-electron chi connectivity index (χ0n) is 18.8. The number of anilines is 1. The molecule has 1 saturated heterocycles. The second-order valence-electron chi connectivity index (χ2n) is 8.76. The van der Waals surface area contributed by atoms with Crippen molar-refractivity contribution < 1.29 is 13.2 Å². The highest BCUT2D eigenvalue weighted by Gasteiger charge is 2.27. The Labute approximate surface area is 199 Å². The van der Waals surface area contributed by atoms with Gasteiger partial charge in [-0.3, -0.25) is 9.78 Å². The summed E-state index contributed by atoms with van der Waals surface area (Å²) in [5.41, 5.74) is 2.12. The van der Waals surface area contributed by atoms with Gasteiger partial charge < -0.3 is 10.2 Å². The summed E-state index contributed by atoms with van der Waals surface area (Å²) in [6.07, 6.45) is 3.45. The third kappa shape index (κ3) is 5.65. The number of fused-ring (bicyclic) bond motifs is 1. The number of carbonyl (C=O) groups excluding carboxylic acids is 1. The number of pyridine rings is 1. The minimum absolute atomic E-state index is 0.0484. The van der Waals surface area contributed by atoms with Gasteiger partial charge in [-0.05, 0) is 66.9 Å². The molecule has 6 nitrogen and oxygen atoms in total. The Balaban J connectivity index is 1.34. The first kappa shape index (κ1) is 23.5. The fourth-order valence-electron chi connectivity index (χ4n) is 4.24. The molecule has 1 amide bonds. The molecule has 1 aliphatic heterocycles. The van der Waals surface area contributed by atoms with Gasteiger partial charge in [0, 0.05) is 47.7 Å². The number of halogens is 1. The zero-order valence-corrected chi connectivity index (χ0v) is 20.4. The second-order valence-corrected chi connectivity index (χ2v) is 11.2. The predicted molar refractivity (Wildman–Crippen MR) is 133 cm³/mol. The van der Waals surface area contributed by atoms with Gasteiger partial charge in [-0.15, -0.1) is 0 Å². The average molecular weight is 486 g/mol. The molecule has 0 bridgehead atoms. The Morgan fingerprint density at radius 3 is 2.55 bits per heavy atom. The van der Waals surface area contributed by atoms with Crippen LogP contribution in [0.15, 0.2) is 59.6 Å². The number of amides is 1. The van der Waals surface area contributed by atoms with E-state index in [4.69, 9.17) is 11.6 Å². The van der Waals surface area contributed by atoms with Crippen LogP contribution in [0.4, 0.5) is 5.69 Å². The summed E-state index contributed by atoms with van der Waals surface area (Å²) >= 11 is 6.01. The SMILES string of the molecule is Cc1cc(N2CCC(NC(=O)C(C)CS(=O)(=O)c3ccc4cc(Cl)ccc4c3)CC2)ccn1. The Morgan fingerprint density at radius 1 is 1.12 bits per heavy atom. The second kappa shape index (κ2) is 9.69.